The van der Waals surface area contributed by atoms with Gasteiger partial charge in [0.1, 0.15) is 5.69 Å². The summed E-state index contributed by atoms with van der Waals surface area (Å²) in [5, 5.41) is 7.39. The Morgan fingerprint density at radius 2 is 1.36 bits per heavy atom. The molecule has 0 N–H and O–H groups in total. The Morgan fingerprint density at radius 3 is 1.91 bits per heavy atom. The van der Waals surface area contributed by atoms with E-state index >= 15 is 0 Å². The summed E-state index contributed by atoms with van der Waals surface area (Å²) in [6.07, 6.45) is 0. The smallest absolute Gasteiger partial charge is 0.256 e. The zero-order valence-electron chi connectivity index (χ0n) is 11.3. The van der Waals surface area contributed by atoms with Gasteiger partial charge in [-0.05, 0) is 17.2 Å². The van der Waals surface area contributed by atoms with E-state index in [1.54, 1.807) is 0 Å². The lowest BCUT2D eigenvalue weighted by Crippen LogP contribution is -2.03. The summed E-state index contributed by atoms with van der Waals surface area (Å²) in [4.78, 5) is 11.9. The third-order valence-corrected chi connectivity index (χ3v) is 3.69. The predicted octanol–water partition coefficient (Wildman–Crippen LogP) is 4.84. The molecule has 0 atom stereocenters. The van der Waals surface area contributed by atoms with Gasteiger partial charge in [-0.3, -0.25) is 4.79 Å². The Hall–Kier alpha value is -2.23. The molecule has 0 aliphatic heterocycles. The molecule has 5 heteroatoms. The second-order valence-electron chi connectivity index (χ2n) is 4.60. The van der Waals surface area contributed by atoms with Crippen LogP contribution in [0.15, 0.2) is 60.7 Å². The highest BCUT2D eigenvalue weighted by atomic mass is 35.5. The first-order valence-electron chi connectivity index (χ1n) is 6.55. The monoisotopic (exact) mass is 328 g/mol. The van der Waals surface area contributed by atoms with Gasteiger partial charge in [-0.1, -0.05) is 72.3 Å². The number of aromatic nitrogens is 2. The van der Waals surface area contributed by atoms with Crippen molar-refractivity contribution < 1.29 is 4.79 Å². The van der Waals surface area contributed by atoms with E-state index in [4.69, 9.17) is 23.2 Å². The Bertz CT molecular complexity index is 821. The zero-order chi connectivity index (χ0) is 15.5. The van der Waals surface area contributed by atoms with Crippen molar-refractivity contribution >= 4 is 28.4 Å². The minimum atomic E-state index is -0.657. The molecular weight excluding hydrogens is 319 g/mol. The lowest BCUT2D eigenvalue weighted by atomic mass is 9.96. The fourth-order valence-corrected chi connectivity index (χ4v) is 2.73. The number of halogens is 2. The van der Waals surface area contributed by atoms with Crippen molar-refractivity contribution in [3.05, 3.63) is 71.4 Å². The van der Waals surface area contributed by atoms with E-state index in [1.165, 1.54) is 0 Å². The van der Waals surface area contributed by atoms with Gasteiger partial charge in [0.15, 0.2) is 5.15 Å². The molecule has 3 aromatic rings. The van der Waals surface area contributed by atoms with Gasteiger partial charge < -0.3 is 0 Å². The molecule has 22 heavy (non-hydrogen) atoms. The number of carbonyl (C=O) groups excluding carboxylic acids is 1. The molecule has 108 valence electrons. The fraction of sp³-hybridized carbons (Fsp3) is 0. The first-order chi connectivity index (χ1) is 10.7. The minimum absolute atomic E-state index is 0.00136. The van der Waals surface area contributed by atoms with Crippen molar-refractivity contribution in [2.45, 2.75) is 0 Å². The van der Waals surface area contributed by atoms with Crippen LogP contribution in [-0.2, 0) is 0 Å². The summed E-state index contributed by atoms with van der Waals surface area (Å²) in [5.74, 6) is 0. The number of hydrogen-bond acceptors (Lipinski definition) is 3. The van der Waals surface area contributed by atoms with Gasteiger partial charge in [-0.2, -0.15) is 0 Å². The molecule has 0 saturated carbocycles. The summed E-state index contributed by atoms with van der Waals surface area (Å²) in [7, 11) is 0. The Labute approximate surface area is 137 Å². The lowest BCUT2D eigenvalue weighted by molar-refractivity contribution is 0.108. The van der Waals surface area contributed by atoms with Crippen LogP contribution in [0.25, 0.3) is 22.4 Å². The standard InChI is InChI=1S/C17H10Cl2N2O/c18-16-14(17(19)22)13(11-7-3-1-4-8-11)15(20-21-16)12-9-5-2-6-10-12/h1-10H. The van der Waals surface area contributed by atoms with Crippen molar-refractivity contribution in [3.63, 3.8) is 0 Å². The maximum Gasteiger partial charge on any atom is 0.256 e. The molecule has 0 bridgehead atoms. The summed E-state index contributed by atoms with van der Waals surface area (Å²) in [5.41, 5.74) is 2.97. The van der Waals surface area contributed by atoms with Crippen LogP contribution in [0.3, 0.4) is 0 Å². The summed E-state index contributed by atoms with van der Waals surface area (Å²) in [6, 6.07) is 18.9. The summed E-state index contributed by atoms with van der Waals surface area (Å²) >= 11 is 11.8. The molecular formula is C17H10Cl2N2O. The second-order valence-corrected chi connectivity index (χ2v) is 5.30. The van der Waals surface area contributed by atoms with E-state index in [9.17, 15) is 4.79 Å². The number of carbonyl (C=O) groups is 1. The van der Waals surface area contributed by atoms with Crippen molar-refractivity contribution in [1.29, 1.82) is 0 Å². The maximum atomic E-state index is 11.9. The van der Waals surface area contributed by atoms with Gasteiger partial charge in [0.25, 0.3) is 5.24 Å². The van der Waals surface area contributed by atoms with Crippen LogP contribution in [0.1, 0.15) is 10.4 Å². The van der Waals surface area contributed by atoms with E-state index in [0.717, 1.165) is 11.1 Å². The summed E-state index contributed by atoms with van der Waals surface area (Å²) in [6.45, 7) is 0. The number of nitrogens with zero attached hydrogens (tertiary/aromatic N) is 2. The second kappa shape index (κ2) is 6.26. The molecule has 0 fully saturated rings. The van der Waals surface area contributed by atoms with Gasteiger partial charge in [-0.15, -0.1) is 10.2 Å². The average Bonchev–Trinajstić information content (AvgIpc) is 2.56. The van der Waals surface area contributed by atoms with Crippen molar-refractivity contribution in [2.75, 3.05) is 0 Å². The van der Waals surface area contributed by atoms with Crippen LogP contribution >= 0.6 is 23.2 Å². The minimum Gasteiger partial charge on any atom is -0.275 e. The van der Waals surface area contributed by atoms with Gasteiger partial charge in [0.05, 0.1) is 5.56 Å². The average molecular weight is 329 g/mol. The Kier molecular flexibility index (Phi) is 4.18. The van der Waals surface area contributed by atoms with Crippen molar-refractivity contribution in [1.82, 2.24) is 10.2 Å². The van der Waals surface area contributed by atoms with E-state index in [-0.39, 0.29) is 10.7 Å². The van der Waals surface area contributed by atoms with Crippen LogP contribution in [0.2, 0.25) is 5.15 Å². The first kappa shape index (κ1) is 14.7. The molecule has 1 heterocycles. The van der Waals surface area contributed by atoms with E-state index in [1.807, 2.05) is 60.7 Å². The molecule has 0 aliphatic carbocycles. The first-order valence-corrected chi connectivity index (χ1v) is 7.31. The Balaban J connectivity index is 2.37. The highest BCUT2D eigenvalue weighted by molar-refractivity contribution is 6.69. The van der Waals surface area contributed by atoms with Crippen LogP contribution < -0.4 is 0 Å². The normalized spacial score (nSPS) is 10.5. The maximum absolute atomic E-state index is 11.9. The van der Waals surface area contributed by atoms with Gasteiger partial charge in [-0.25, -0.2) is 0 Å². The molecule has 0 saturated heterocycles. The fourth-order valence-electron chi connectivity index (χ4n) is 2.28. The molecule has 3 nitrogen and oxygen atoms in total. The van der Waals surface area contributed by atoms with Crippen molar-refractivity contribution in [3.8, 4) is 22.4 Å². The molecule has 3 rings (SSSR count). The molecule has 0 aliphatic rings. The van der Waals surface area contributed by atoms with E-state index in [2.05, 4.69) is 10.2 Å². The zero-order valence-corrected chi connectivity index (χ0v) is 12.8. The quantitative estimate of drug-likeness (QED) is 0.646. The molecule has 2 aromatic carbocycles. The summed E-state index contributed by atoms with van der Waals surface area (Å²) < 4.78 is 0. The van der Waals surface area contributed by atoms with Crippen LogP contribution in [0.4, 0.5) is 0 Å². The van der Waals surface area contributed by atoms with Gasteiger partial charge in [0, 0.05) is 11.1 Å². The van der Waals surface area contributed by atoms with Crippen LogP contribution in [0, 0.1) is 0 Å². The lowest BCUT2D eigenvalue weighted by Gasteiger charge is -2.12. The molecule has 1 aromatic heterocycles. The van der Waals surface area contributed by atoms with Gasteiger partial charge >= 0.3 is 0 Å². The molecule has 0 unspecified atom stereocenters. The third kappa shape index (κ3) is 2.73. The Morgan fingerprint density at radius 1 is 0.818 bits per heavy atom. The molecule has 0 radical (unpaired) electrons. The number of rotatable bonds is 3. The SMILES string of the molecule is O=C(Cl)c1c(Cl)nnc(-c2ccccc2)c1-c1ccccc1. The topological polar surface area (TPSA) is 42.9 Å². The third-order valence-electron chi connectivity index (χ3n) is 3.24. The largest absolute Gasteiger partial charge is 0.275 e. The highest BCUT2D eigenvalue weighted by Gasteiger charge is 2.22. The van der Waals surface area contributed by atoms with E-state index in [0.29, 0.717) is 11.3 Å². The highest BCUT2D eigenvalue weighted by Crippen LogP contribution is 2.36. The van der Waals surface area contributed by atoms with E-state index < -0.39 is 5.24 Å². The number of benzene rings is 2. The molecule has 0 amide bonds. The number of hydrogen-bond donors (Lipinski definition) is 0. The van der Waals surface area contributed by atoms with Crippen LogP contribution in [0.5, 0.6) is 0 Å². The molecule has 0 spiro atoms. The van der Waals surface area contributed by atoms with Crippen LogP contribution in [-0.4, -0.2) is 15.4 Å². The van der Waals surface area contributed by atoms with Crippen molar-refractivity contribution in [2.24, 2.45) is 0 Å². The van der Waals surface area contributed by atoms with Gasteiger partial charge in [0.2, 0.25) is 0 Å². The predicted molar refractivity (Wildman–Crippen MR) is 88.1 cm³/mol.